The SMILES string of the molecule is NC(=O)c1cc(NC(=O)C2CCCC(C(=O)Nc3ccc(F)c(C(N)=O)c3)C2)ccc1F. The second-order valence-electron chi connectivity index (χ2n) is 7.66. The molecule has 2 atom stereocenters. The number of benzene rings is 2. The van der Waals surface area contributed by atoms with Gasteiger partial charge in [-0.15, -0.1) is 0 Å². The average molecular weight is 444 g/mol. The van der Waals surface area contributed by atoms with E-state index in [-0.39, 0.29) is 40.7 Å². The zero-order valence-corrected chi connectivity index (χ0v) is 17.0. The van der Waals surface area contributed by atoms with Gasteiger partial charge < -0.3 is 22.1 Å². The molecule has 1 aliphatic carbocycles. The van der Waals surface area contributed by atoms with Gasteiger partial charge in [0.05, 0.1) is 11.1 Å². The highest BCUT2D eigenvalue weighted by atomic mass is 19.1. The van der Waals surface area contributed by atoms with E-state index in [1.54, 1.807) is 0 Å². The predicted octanol–water partition coefficient (Wildman–Crippen LogP) is 2.55. The lowest BCUT2D eigenvalue weighted by Gasteiger charge is -2.27. The highest BCUT2D eigenvalue weighted by Crippen LogP contribution is 2.31. The highest BCUT2D eigenvalue weighted by molar-refractivity contribution is 5.99. The van der Waals surface area contributed by atoms with Gasteiger partial charge in [-0.3, -0.25) is 19.2 Å². The van der Waals surface area contributed by atoms with Crippen LogP contribution in [0.25, 0.3) is 0 Å². The third-order valence-corrected chi connectivity index (χ3v) is 5.41. The van der Waals surface area contributed by atoms with Crippen LogP contribution in [0.5, 0.6) is 0 Å². The van der Waals surface area contributed by atoms with Crippen molar-refractivity contribution < 1.29 is 28.0 Å². The lowest BCUT2D eigenvalue weighted by molar-refractivity contribution is -0.124. The molecule has 0 aliphatic heterocycles. The van der Waals surface area contributed by atoms with Crippen LogP contribution in [0.2, 0.25) is 0 Å². The molecule has 10 heteroatoms. The maximum absolute atomic E-state index is 13.6. The van der Waals surface area contributed by atoms with Crippen LogP contribution in [0, 0.1) is 23.5 Å². The van der Waals surface area contributed by atoms with E-state index in [1.807, 2.05) is 0 Å². The molecule has 0 radical (unpaired) electrons. The van der Waals surface area contributed by atoms with E-state index in [1.165, 1.54) is 12.1 Å². The summed E-state index contributed by atoms with van der Waals surface area (Å²) in [4.78, 5) is 47.9. The monoisotopic (exact) mass is 444 g/mol. The molecule has 2 unspecified atom stereocenters. The molecule has 2 aromatic carbocycles. The fourth-order valence-electron chi connectivity index (χ4n) is 3.74. The quantitative estimate of drug-likeness (QED) is 0.543. The molecule has 8 nitrogen and oxygen atoms in total. The molecule has 4 amide bonds. The first-order valence-corrected chi connectivity index (χ1v) is 9.96. The van der Waals surface area contributed by atoms with Crippen molar-refractivity contribution in [1.29, 1.82) is 0 Å². The minimum atomic E-state index is -0.951. The Labute approximate surface area is 182 Å². The van der Waals surface area contributed by atoms with Gasteiger partial charge in [-0.2, -0.15) is 0 Å². The Hall–Kier alpha value is -3.82. The van der Waals surface area contributed by atoms with Crippen molar-refractivity contribution in [1.82, 2.24) is 0 Å². The summed E-state index contributed by atoms with van der Waals surface area (Å²) >= 11 is 0. The Kier molecular flexibility index (Phi) is 6.82. The fourth-order valence-corrected chi connectivity index (χ4v) is 3.74. The molecule has 1 saturated carbocycles. The molecule has 1 aliphatic rings. The molecule has 0 spiro atoms. The maximum Gasteiger partial charge on any atom is 0.251 e. The van der Waals surface area contributed by atoms with Crippen molar-refractivity contribution in [2.75, 3.05) is 10.6 Å². The van der Waals surface area contributed by atoms with Gasteiger partial charge in [0.25, 0.3) is 11.8 Å². The Morgan fingerprint density at radius 2 is 1.16 bits per heavy atom. The second kappa shape index (κ2) is 9.54. The van der Waals surface area contributed by atoms with E-state index in [4.69, 9.17) is 11.5 Å². The van der Waals surface area contributed by atoms with Crippen LogP contribution < -0.4 is 22.1 Å². The van der Waals surface area contributed by atoms with Crippen molar-refractivity contribution >= 4 is 35.0 Å². The van der Waals surface area contributed by atoms with Gasteiger partial charge in [-0.1, -0.05) is 6.42 Å². The van der Waals surface area contributed by atoms with E-state index < -0.39 is 35.3 Å². The highest BCUT2D eigenvalue weighted by Gasteiger charge is 2.31. The van der Waals surface area contributed by atoms with Crippen molar-refractivity contribution in [3.8, 4) is 0 Å². The Morgan fingerprint density at radius 3 is 1.53 bits per heavy atom. The summed E-state index contributed by atoms with van der Waals surface area (Å²) in [5.74, 6) is -5.14. The molecular weight excluding hydrogens is 422 g/mol. The van der Waals surface area contributed by atoms with E-state index in [2.05, 4.69) is 10.6 Å². The Balaban J connectivity index is 1.65. The molecule has 0 aromatic heterocycles. The molecule has 3 rings (SSSR count). The number of hydrogen-bond donors (Lipinski definition) is 4. The zero-order chi connectivity index (χ0) is 23.4. The van der Waals surface area contributed by atoms with Crippen molar-refractivity contribution in [3.63, 3.8) is 0 Å². The number of nitrogens with two attached hydrogens (primary N) is 2. The zero-order valence-electron chi connectivity index (χ0n) is 17.0. The van der Waals surface area contributed by atoms with Gasteiger partial charge in [0.2, 0.25) is 11.8 Å². The number of halogens is 2. The number of carbonyl (C=O) groups excluding carboxylic acids is 4. The third kappa shape index (κ3) is 5.26. The Morgan fingerprint density at radius 1 is 0.750 bits per heavy atom. The molecule has 32 heavy (non-hydrogen) atoms. The molecular formula is C22H22F2N4O4. The molecule has 2 aromatic rings. The summed E-state index contributed by atoms with van der Waals surface area (Å²) in [6.45, 7) is 0. The fraction of sp³-hybridized carbons (Fsp3) is 0.273. The first-order valence-electron chi connectivity index (χ1n) is 9.96. The van der Waals surface area contributed by atoms with Gasteiger partial charge in [0.1, 0.15) is 11.6 Å². The van der Waals surface area contributed by atoms with Crippen molar-refractivity contribution in [3.05, 3.63) is 59.2 Å². The molecule has 168 valence electrons. The van der Waals surface area contributed by atoms with Crippen LogP contribution in [-0.2, 0) is 9.59 Å². The number of nitrogens with one attached hydrogen (secondary N) is 2. The molecule has 6 N–H and O–H groups in total. The number of primary amides is 2. The normalized spacial score (nSPS) is 17.9. The molecule has 0 saturated heterocycles. The first-order chi connectivity index (χ1) is 15.2. The van der Waals surface area contributed by atoms with Crippen LogP contribution >= 0.6 is 0 Å². The summed E-state index contributed by atoms with van der Waals surface area (Å²) in [7, 11) is 0. The summed E-state index contributed by atoms with van der Waals surface area (Å²) in [5.41, 5.74) is 10.0. The van der Waals surface area contributed by atoms with Gasteiger partial charge in [-0.25, -0.2) is 8.78 Å². The third-order valence-electron chi connectivity index (χ3n) is 5.41. The number of carbonyl (C=O) groups is 4. The van der Waals surface area contributed by atoms with Gasteiger partial charge in [-0.05, 0) is 55.7 Å². The lowest BCUT2D eigenvalue weighted by Crippen LogP contribution is -2.33. The minimum Gasteiger partial charge on any atom is -0.366 e. The van der Waals surface area contributed by atoms with Crippen molar-refractivity contribution in [2.45, 2.75) is 25.7 Å². The van der Waals surface area contributed by atoms with Crippen LogP contribution in [0.1, 0.15) is 46.4 Å². The average Bonchev–Trinajstić information content (AvgIpc) is 2.76. The summed E-state index contributed by atoms with van der Waals surface area (Å²) in [6, 6.07) is 7.03. The lowest BCUT2D eigenvalue weighted by atomic mass is 9.80. The van der Waals surface area contributed by atoms with Crippen LogP contribution in [0.15, 0.2) is 36.4 Å². The molecule has 0 heterocycles. The summed E-state index contributed by atoms with van der Waals surface area (Å²) in [6.07, 6.45) is 2.01. The number of hydrogen-bond acceptors (Lipinski definition) is 4. The van der Waals surface area contributed by atoms with Crippen LogP contribution in [-0.4, -0.2) is 23.6 Å². The topological polar surface area (TPSA) is 144 Å². The van der Waals surface area contributed by atoms with Gasteiger partial charge in [0, 0.05) is 23.2 Å². The maximum atomic E-state index is 13.6. The second-order valence-corrected chi connectivity index (χ2v) is 7.66. The largest absolute Gasteiger partial charge is 0.366 e. The Bertz CT molecular complexity index is 1010. The van der Waals surface area contributed by atoms with E-state index in [0.29, 0.717) is 19.3 Å². The van der Waals surface area contributed by atoms with Crippen LogP contribution in [0.3, 0.4) is 0 Å². The van der Waals surface area contributed by atoms with Crippen LogP contribution in [0.4, 0.5) is 20.2 Å². The molecule has 1 fully saturated rings. The number of anilines is 2. The van der Waals surface area contributed by atoms with E-state index >= 15 is 0 Å². The molecule has 0 bridgehead atoms. The minimum absolute atomic E-state index is 0.224. The number of amides is 4. The van der Waals surface area contributed by atoms with Gasteiger partial charge in [0.15, 0.2) is 0 Å². The first kappa shape index (κ1) is 22.9. The number of rotatable bonds is 6. The summed E-state index contributed by atoms with van der Waals surface area (Å²) in [5, 5.41) is 5.26. The van der Waals surface area contributed by atoms with E-state index in [0.717, 1.165) is 24.3 Å². The van der Waals surface area contributed by atoms with E-state index in [9.17, 15) is 28.0 Å². The smallest absolute Gasteiger partial charge is 0.251 e. The summed E-state index contributed by atoms with van der Waals surface area (Å²) < 4.78 is 27.2. The standard InChI is InChI=1S/C22H22F2N4O4/c23-17-6-4-13(9-15(17)19(25)29)27-21(31)11-2-1-3-12(8-11)22(32)28-14-5-7-18(24)16(10-14)20(26)30/h4-7,9-12H,1-3,8H2,(H2,25,29)(H2,26,30)(H,27,31)(H,28,32). The van der Waals surface area contributed by atoms with Crippen molar-refractivity contribution in [2.24, 2.45) is 23.3 Å². The predicted molar refractivity (Wildman–Crippen MR) is 113 cm³/mol. The van der Waals surface area contributed by atoms with Gasteiger partial charge >= 0.3 is 0 Å².